The SMILES string of the molecule is CC(=O)/C(=C\ONc1ccc2[nH]c(=O)[nH]c2c1)N=Nc1ccc2c(c1)C(=O)c1cc(N=Nc3c(O)c(C(=O)Nc4ccccc4C)cc4ccccc34)ccc1-2. The van der Waals surface area contributed by atoms with E-state index in [2.05, 4.69) is 41.2 Å². The van der Waals surface area contributed by atoms with Gasteiger partial charge in [0.05, 0.1) is 33.7 Å². The zero-order valence-electron chi connectivity index (χ0n) is 29.7. The van der Waals surface area contributed by atoms with Crippen LogP contribution in [0.1, 0.15) is 38.8 Å². The molecule has 1 amide bonds. The average molecular weight is 743 g/mol. The number of nitrogens with zero attached hydrogens (tertiary/aromatic N) is 4. The second kappa shape index (κ2) is 14.4. The number of hydrogen-bond acceptors (Lipinski definition) is 11. The Morgan fingerprint density at radius 3 is 2.20 bits per heavy atom. The number of aromatic nitrogens is 2. The van der Waals surface area contributed by atoms with Crippen molar-refractivity contribution in [3.8, 4) is 16.9 Å². The fourth-order valence-corrected chi connectivity index (χ4v) is 6.32. The number of aromatic hydroxyl groups is 1. The Morgan fingerprint density at radius 1 is 0.750 bits per heavy atom. The molecule has 0 fully saturated rings. The van der Waals surface area contributed by atoms with E-state index in [9.17, 15) is 24.3 Å². The predicted octanol–water partition coefficient (Wildman–Crippen LogP) is 9.46. The number of H-pyrrole nitrogens is 2. The van der Waals surface area contributed by atoms with Gasteiger partial charge in [0.2, 0.25) is 0 Å². The van der Waals surface area contributed by atoms with Crippen molar-refractivity contribution in [2.24, 2.45) is 20.5 Å². The summed E-state index contributed by atoms with van der Waals surface area (Å²) in [5, 5.41) is 32.5. The van der Waals surface area contributed by atoms with Crippen LogP contribution >= 0.6 is 0 Å². The number of carbonyl (C=O) groups is 3. The first-order chi connectivity index (χ1) is 27.1. The first-order valence-corrected chi connectivity index (χ1v) is 17.3. The summed E-state index contributed by atoms with van der Waals surface area (Å²) in [5.41, 5.74) is 8.48. The van der Waals surface area contributed by atoms with E-state index < -0.39 is 11.7 Å². The molecule has 8 rings (SSSR count). The standard InChI is InChI=1S/C42H30N8O6/c1-22-7-3-6-10-34(22)43-41(54)33-17-24-8-4-5-9-28(24)38(40(33)53)49-47-26-12-15-30-29-14-11-25(18-31(29)39(52)32(30)19-26)46-48-37(23(2)51)21-56-50-27-13-16-35-36(20-27)45-42(55)44-35/h3-21,50,53H,1-2H3,(H,43,54)(H2,44,45,55)/b37-21+,48-46?,49-47?. The van der Waals surface area contributed by atoms with Crippen molar-refractivity contribution in [1.82, 2.24) is 9.97 Å². The third-order valence-corrected chi connectivity index (χ3v) is 9.18. The molecule has 6 aromatic carbocycles. The number of azo groups is 2. The third kappa shape index (κ3) is 6.80. The van der Waals surface area contributed by atoms with Crippen molar-refractivity contribution in [3.05, 3.63) is 154 Å². The maximum Gasteiger partial charge on any atom is 0.323 e. The van der Waals surface area contributed by atoms with Gasteiger partial charge in [0, 0.05) is 29.1 Å². The van der Waals surface area contributed by atoms with Crippen molar-refractivity contribution in [3.63, 3.8) is 0 Å². The second-order valence-corrected chi connectivity index (χ2v) is 12.9. The number of hydrogen-bond donors (Lipinski definition) is 5. The minimum absolute atomic E-state index is 0.0359. The molecule has 0 radical (unpaired) electrons. The number of ketones is 2. The minimum Gasteiger partial charge on any atom is -0.505 e. The molecule has 0 atom stereocenters. The molecular weight excluding hydrogens is 713 g/mol. The van der Waals surface area contributed by atoms with Crippen LogP contribution in [0.2, 0.25) is 0 Å². The maximum atomic E-state index is 13.7. The van der Waals surface area contributed by atoms with Crippen LogP contribution in [-0.2, 0) is 9.63 Å². The lowest BCUT2D eigenvalue weighted by Crippen LogP contribution is -2.13. The summed E-state index contributed by atoms with van der Waals surface area (Å²) in [4.78, 5) is 61.5. The summed E-state index contributed by atoms with van der Waals surface area (Å²) in [6.07, 6.45) is 1.11. The van der Waals surface area contributed by atoms with Gasteiger partial charge in [-0.05, 0) is 83.6 Å². The van der Waals surface area contributed by atoms with Crippen molar-refractivity contribution in [2.75, 3.05) is 10.8 Å². The van der Waals surface area contributed by atoms with E-state index in [1.54, 1.807) is 78.9 Å². The number of Topliss-reactive ketones (excluding diaryl/α,β-unsaturated/α-hetero) is 1. The van der Waals surface area contributed by atoms with Gasteiger partial charge in [-0.15, -0.1) is 10.2 Å². The zero-order valence-corrected chi connectivity index (χ0v) is 29.7. The third-order valence-electron chi connectivity index (χ3n) is 9.18. The van der Waals surface area contributed by atoms with Crippen LogP contribution in [0.4, 0.5) is 28.4 Å². The number of rotatable bonds is 10. The highest BCUT2D eigenvalue weighted by atomic mass is 16.6. The van der Waals surface area contributed by atoms with Crippen LogP contribution < -0.4 is 16.5 Å². The smallest absolute Gasteiger partial charge is 0.323 e. The minimum atomic E-state index is -0.500. The van der Waals surface area contributed by atoms with E-state index in [1.165, 1.54) is 6.92 Å². The van der Waals surface area contributed by atoms with E-state index in [-0.39, 0.29) is 34.2 Å². The number of phenols is 1. The molecule has 56 heavy (non-hydrogen) atoms. The average Bonchev–Trinajstić information content (AvgIpc) is 3.70. The van der Waals surface area contributed by atoms with E-state index in [1.807, 2.05) is 37.3 Å². The van der Waals surface area contributed by atoms with Gasteiger partial charge in [-0.1, -0.05) is 54.6 Å². The second-order valence-electron chi connectivity index (χ2n) is 12.9. The van der Waals surface area contributed by atoms with Crippen LogP contribution in [-0.4, -0.2) is 32.5 Å². The molecule has 14 nitrogen and oxygen atoms in total. The number of phenolic OH excluding ortho intramolecular Hbond substituents is 1. The number of allylic oxidation sites excluding steroid dienone is 1. The number of nitrogens with one attached hydrogen (secondary N) is 4. The van der Waals surface area contributed by atoms with Gasteiger partial charge >= 0.3 is 5.69 Å². The van der Waals surface area contributed by atoms with Crippen molar-refractivity contribution in [1.29, 1.82) is 0 Å². The van der Waals surface area contributed by atoms with Gasteiger partial charge in [0.15, 0.2) is 23.0 Å². The quantitative estimate of drug-likeness (QED) is 0.0397. The fraction of sp³-hybridized carbons (Fsp3) is 0.0476. The van der Waals surface area contributed by atoms with E-state index >= 15 is 0 Å². The first kappa shape index (κ1) is 35.1. The molecule has 1 aliphatic rings. The molecule has 5 N–H and O–H groups in total. The molecule has 1 aromatic heterocycles. The summed E-state index contributed by atoms with van der Waals surface area (Å²) < 4.78 is 0. The zero-order chi connectivity index (χ0) is 38.9. The van der Waals surface area contributed by atoms with Gasteiger partial charge < -0.3 is 25.2 Å². The monoisotopic (exact) mass is 742 g/mol. The Kier molecular flexibility index (Phi) is 9.04. The van der Waals surface area contributed by atoms with Crippen LogP contribution in [0.3, 0.4) is 0 Å². The van der Waals surface area contributed by atoms with Crippen molar-refractivity contribution >= 4 is 67.7 Å². The first-order valence-electron chi connectivity index (χ1n) is 17.3. The number of para-hydroxylation sites is 1. The fourth-order valence-electron chi connectivity index (χ4n) is 6.32. The van der Waals surface area contributed by atoms with Gasteiger partial charge in [0.1, 0.15) is 11.9 Å². The van der Waals surface area contributed by atoms with E-state index in [4.69, 9.17) is 4.84 Å². The van der Waals surface area contributed by atoms with E-state index in [0.717, 1.165) is 11.8 Å². The number of benzene rings is 6. The molecule has 274 valence electrons. The summed E-state index contributed by atoms with van der Waals surface area (Å²) in [5.74, 6) is -1.50. The Bertz CT molecular complexity index is 2920. The number of aromatic amines is 2. The molecule has 1 heterocycles. The molecule has 0 spiro atoms. The number of fused-ring (bicyclic) bond motifs is 5. The van der Waals surface area contributed by atoms with Gasteiger partial charge in [-0.3, -0.25) is 14.4 Å². The van der Waals surface area contributed by atoms with Crippen LogP contribution in [0.5, 0.6) is 5.75 Å². The Labute approximate surface area is 317 Å². The maximum absolute atomic E-state index is 13.7. The highest BCUT2D eigenvalue weighted by Gasteiger charge is 2.27. The number of aryl methyl sites for hydroxylation is 1. The van der Waals surface area contributed by atoms with Crippen LogP contribution in [0.15, 0.2) is 146 Å². The van der Waals surface area contributed by atoms with Crippen LogP contribution in [0, 0.1) is 6.92 Å². The Balaban J connectivity index is 1.01. The summed E-state index contributed by atoms with van der Waals surface area (Å²) in [6, 6.07) is 31.3. The largest absolute Gasteiger partial charge is 0.505 e. The Hall–Kier alpha value is -8.00. The number of imidazole rings is 1. The van der Waals surface area contributed by atoms with Gasteiger partial charge in [-0.25, -0.2) is 10.3 Å². The molecule has 0 saturated carbocycles. The molecule has 0 bridgehead atoms. The topological polar surface area (TPSA) is 203 Å². The van der Waals surface area contributed by atoms with Crippen LogP contribution in [0.25, 0.3) is 32.9 Å². The highest BCUT2D eigenvalue weighted by Crippen LogP contribution is 2.42. The van der Waals surface area contributed by atoms with E-state index in [0.29, 0.717) is 66.8 Å². The van der Waals surface area contributed by atoms with Crippen molar-refractivity contribution < 1.29 is 24.3 Å². The van der Waals surface area contributed by atoms with Crippen molar-refractivity contribution in [2.45, 2.75) is 13.8 Å². The number of carbonyl (C=O) groups excluding carboxylic acids is 3. The lowest BCUT2D eigenvalue weighted by molar-refractivity contribution is -0.113. The summed E-state index contributed by atoms with van der Waals surface area (Å²) in [7, 11) is 0. The number of anilines is 2. The Morgan fingerprint density at radius 2 is 1.45 bits per heavy atom. The summed E-state index contributed by atoms with van der Waals surface area (Å²) in [6.45, 7) is 3.19. The van der Waals surface area contributed by atoms with Gasteiger partial charge in [0.25, 0.3) is 5.91 Å². The van der Waals surface area contributed by atoms with Gasteiger partial charge in [-0.2, -0.15) is 10.2 Å². The molecular formula is C42H30N8O6. The molecule has 0 saturated heterocycles. The molecule has 14 heteroatoms. The molecule has 0 unspecified atom stereocenters. The molecule has 0 aliphatic heterocycles. The summed E-state index contributed by atoms with van der Waals surface area (Å²) >= 11 is 0. The molecule has 7 aromatic rings. The predicted molar refractivity (Wildman–Crippen MR) is 211 cm³/mol. The normalized spacial score (nSPS) is 12.4. The highest BCUT2D eigenvalue weighted by molar-refractivity contribution is 6.22. The molecule has 1 aliphatic carbocycles. The number of amides is 1. The lowest BCUT2D eigenvalue weighted by Gasteiger charge is -2.12. The lowest BCUT2D eigenvalue weighted by atomic mass is 10.0.